The molecule has 1 amide bonds. The van der Waals surface area contributed by atoms with Gasteiger partial charge in [0.1, 0.15) is 11.5 Å². The van der Waals surface area contributed by atoms with Gasteiger partial charge in [-0.05, 0) is 42.5 Å². The SMILES string of the molecule is N#C[C@@H](C(=O)Nc1ccccc1)C(=O)c1ccn(-c2ccc(F)cc2)n1. The molecule has 0 aliphatic rings. The normalized spacial score (nSPS) is 11.4. The van der Waals surface area contributed by atoms with Crippen LogP contribution < -0.4 is 5.32 Å². The van der Waals surface area contributed by atoms with Gasteiger partial charge in [-0.1, -0.05) is 18.2 Å². The van der Waals surface area contributed by atoms with Gasteiger partial charge in [0.05, 0.1) is 11.8 Å². The zero-order valence-electron chi connectivity index (χ0n) is 13.5. The summed E-state index contributed by atoms with van der Waals surface area (Å²) in [7, 11) is 0. The number of benzene rings is 2. The minimum Gasteiger partial charge on any atom is -0.325 e. The molecule has 0 aliphatic heterocycles. The van der Waals surface area contributed by atoms with Crippen LogP contribution in [0.2, 0.25) is 0 Å². The number of rotatable bonds is 5. The highest BCUT2D eigenvalue weighted by Gasteiger charge is 2.29. The Labute approximate surface area is 148 Å². The highest BCUT2D eigenvalue weighted by Crippen LogP contribution is 2.14. The van der Waals surface area contributed by atoms with Gasteiger partial charge >= 0.3 is 0 Å². The van der Waals surface area contributed by atoms with Crippen molar-refractivity contribution in [1.82, 2.24) is 9.78 Å². The fourth-order valence-electron chi connectivity index (χ4n) is 2.31. The maximum atomic E-state index is 13.0. The van der Waals surface area contributed by atoms with Crippen molar-refractivity contribution in [3.05, 3.63) is 78.4 Å². The minimum atomic E-state index is -1.52. The minimum absolute atomic E-state index is 0.0240. The molecule has 128 valence electrons. The number of anilines is 1. The lowest BCUT2D eigenvalue weighted by Crippen LogP contribution is -2.29. The predicted molar refractivity (Wildman–Crippen MR) is 92.0 cm³/mol. The van der Waals surface area contributed by atoms with Crippen LogP contribution in [0.5, 0.6) is 0 Å². The van der Waals surface area contributed by atoms with Crippen molar-refractivity contribution in [2.24, 2.45) is 5.92 Å². The van der Waals surface area contributed by atoms with Gasteiger partial charge in [0, 0.05) is 11.9 Å². The van der Waals surface area contributed by atoms with E-state index in [1.807, 2.05) is 0 Å². The third-order valence-electron chi connectivity index (χ3n) is 3.63. The molecule has 3 aromatic rings. The molecule has 26 heavy (non-hydrogen) atoms. The molecule has 0 radical (unpaired) electrons. The highest BCUT2D eigenvalue weighted by molar-refractivity contribution is 6.14. The summed E-state index contributed by atoms with van der Waals surface area (Å²) >= 11 is 0. The molecule has 1 atom stereocenters. The molecule has 0 saturated heterocycles. The van der Waals surface area contributed by atoms with Gasteiger partial charge in [-0.25, -0.2) is 9.07 Å². The molecular formula is C19H13FN4O2. The van der Waals surface area contributed by atoms with Crippen molar-refractivity contribution in [3.63, 3.8) is 0 Å². The van der Waals surface area contributed by atoms with Crippen LogP contribution in [0.4, 0.5) is 10.1 Å². The second-order valence-corrected chi connectivity index (χ2v) is 5.40. The molecule has 7 heteroatoms. The first kappa shape index (κ1) is 17.0. The molecule has 0 aliphatic carbocycles. The molecular weight excluding hydrogens is 335 g/mol. The number of ketones is 1. The average molecular weight is 348 g/mol. The fourth-order valence-corrected chi connectivity index (χ4v) is 2.31. The third kappa shape index (κ3) is 3.65. The highest BCUT2D eigenvalue weighted by atomic mass is 19.1. The van der Waals surface area contributed by atoms with E-state index in [9.17, 15) is 19.2 Å². The van der Waals surface area contributed by atoms with E-state index in [4.69, 9.17) is 0 Å². The van der Waals surface area contributed by atoms with E-state index in [2.05, 4.69) is 10.4 Å². The first-order valence-electron chi connectivity index (χ1n) is 7.70. The van der Waals surface area contributed by atoms with Crippen LogP contribution in [-0.4, -0.2) is 21.5 Å². The van der Waals surface area contributed by atoms with E-state index < -0.39 is 17.6 Å². The first-order chi connectivity index (χ1) is 12.6. The summed E-state index contributed by atoms with van der Waals surface area (Å²) in [5, 5.41) is 15.9. The number of hydrogen-bond acceptors (Lipinski definition) is 4. The Hall–Kier alpha value is -3.79. The topological polar surface area (TPSA) is 87.8 Å². The van der Waals surface area contributed by atoms with Crippen molar-refractivity contribution in [2.45, 2.75) is 0 Å². The molecule has 3 rings (SSSR count). The van der Waals surface area contributed by atoms with E-state index >= 15 is 0 Å². The number of hydrogen-bond donors (Lipinski definition) is 1. The third-order valence-corrected chi connectivity index (χ3v) is 3.63. The van der Waals surface area contributed by atoms with Gasteiger partial charge in [0.15, 0.2) is 5.92 Å². The van der Waals surface area contributed by atoms with E-state index in [0.717, 1.165) is 0 Å². The average Bonchev–Trinajstić information content (AvgIpc) is 3.14. The first-order valence-corrected chi connectivity index (χ1v) is 7.70. The van der Waals surface area contributed by atoms with Crippen LogP contribution in [-0.2, 0) is 4.79 Å². The van der Waals surface area contributed by atoms with Crippen LogP contribution in [0.3, 0.4) is 0 Å². The van der Waals surface area contributed by atoms with Crippen LogP contribution in [0.25, 0.3) is 5.69 Å². The Kier molecular flexibility index (Phi) is 4.85. The lowest BCUT2D eigenvalue weighted by Gasteiger charge is -2.08. The monoisotopic (exact) mass is 348 g/mol. The number of nitriles is 1. The number of carbonyl (C=O) groups excluding carboxylic acids is 2. The standard InChI is InChI=1S/C19H13FN4O2/c20-13-6-8-15(9-7-13)24-11-10-17(23-24)18(25)16(12-21)19(26)22-14-4-2-1-3-5-14/h1-11,16H,(H,22,26)/t16-/m1/s1. The van der Waals surface area contributed by atoms with E-state index in [1.54, 1.807) is 36.4 Å². The molecule has 0 bridgehead atoms. The maximum absolute atomic E-state index is 13.0. The van der Waals surface area contributed by atoms with Crippen molar-refractivity contribution < 1.29 is 14.0 Å². The second-order valence-electron chi connectivity index (χ2n) is 5.40. The zero-order valence-corrected chi connectivity index (χ0v) is 13.5. The van der Waals surface area contributed by atoms with Gasteiger partial charge in [-0.15, -0.1) is 0 Å². The largest absolute Gasteiger partial charge is 0.325 e. The lowest BCUT2D eigenvalue weighted by atomic mass is 10.0. The van der Waals surface area contributed by atoms with Crippen LogP contribution in [0.15, 0.2) is 66.9 Å². The summed E-state index contributed by atoms with van der Waals surface area (Å²) in [5.41, 5.74) is 1.01. The van der Waals surface area contributed by atoms with Gasteiger partial charge in [0.2, 0.25) is 11.7 Å². The molecule has 0 fully saturated rings. The van der Waals surface area contributed by atoms with E-state index in [0.29, 0.717) is 11.4 Å². The maximum Gasteiger partial charge on any atom is 0.249 e. The molecule has 0 spiro atoms. The molecule has 2 aromatic carbocycles. The van der Waals surface area contributed by atoms with Crippen molar-refractivity contribution in [1.29, 1.82) is 5.26 Å². The second kappa shape index (κ2) is 7.40. The van der Waals surface area contributed by atoms with Crippen molar-refractivity contribution in [2.75, 3.05) is 5.32 Å². The Morgan fingerprint density at radius 2 is 1.77 bits per heavy atom. The number of aromatic nitrogens is 2. The van der Waals surface area contributed by atoms with Gasteiger partial charge in [-0.3, -0.25) is 9.59 Å². The van der Waals surface area contributed by atoms with Gasteiger partial charge in [0.25, 0.3) is 0 Å². The molecule has 0 saturated carbocycles. The summed E-state index contributed by atoms with van der Waals surface area (Å²) in [4.78, 5) is 24.7. The van der Waals surface area contributed by atoms with Gasteiger partial charge in [-0.2, -0.15) is 10.4 Å². The number of halogens is 1. The van der Waals surface area contributed by atoms with Crippen molar-refractivity contribution >= 4 is 17.4 Å². The summed E-state index contributed by atoms with van der Waals surface area (Å²) in [5.74, 6) is -3.34. The quantitative estimate of drug-likeness (QED) is 0.567. The Morgan fingerprint density at radius 1 is 1.08 bits per heavy atom. The number of amides is 1. The van der Waals surface area contributed by atoms with E-state index in [1.165, 1.54) is 41.2 Å². The molecule has 1 heterocycles. The summed E-state index contributed by atoms with van der Waals surface area (Å²) < 4.78 is 14.4. The van der Waals surface area contributed by atoms with E-state index in [-0.39, 0.29) is 11.5 Å². The number of para-hydroxylation sites is 1. The van der Waals surface area contributed by atoms with Crippen LogP contribution >= 0.6 is 0 Å². The van der Waals surface area contributed by atoms with Crippen molar-refractivity contribution in [3.8, 4) is 11.8 Å². The fraction of sp³-hybridized carbons (Fsp3) is 0.0526. The lowest BCUT2D eigenvalue weighted by molar-refractivity contribution is -0.117. The Bertz CT molecular complexity index is 975. The van der Waals surface area contributed by atoms with Crippen LogP contribution in [0.1, 0.15) is 10.5 Å². The molecule has 0 unspecified atom stereocenters. The summed E-state index contributed by atoms with van der Waals surface area (Å²) in [6.45, 7) is 0. The Morgan fingerprint density at radius 3 is 2.42 bits per heavy atom. The summed E-state index contributed by atoms with van der Waals surface area (Å²) in [6, 6.07) is 17.2. The number of Topliss-reactive ketones (excluding diaryl/α,β-unsaturated/α-hetero) is 1. The number of carbonyl (C=O) groups is 2. The summed E-state index contributed by atoms with van der Waals surface area (Å²) in [6.07, 6.45) is 1.50. The molecule has 6 nitrogen and oxygen atoms in total. The predicted octanol–water partition coefficient (Wildman–Crippen LogP) is 2.97. The molecule has 1 aromatic heterocycles. The number of nitrogens with one attached hydrogen (secondary N) is 1. The smallest absolute Gasteiger partial charge is 0.249 e. The number of nitrogens with zero attached hydrogens (tertiary/aromatic N) is 3. The Balaban J connectivity index is 1.78. The zero-order chi connectivity index (χ0) is 18.5. The molecule has 1 N–H and O–H groups in total. The van der Waals surface area contributed by atoms with Gasteiger partial charge < -0.3 is 5.32 Å². The van der Waals surface area contributed by atoms with Crippen LogP contribution in [0, 0.1) is 23.1 Å².